The topological polar surface area (TPSA) is 35.2 Å². The van der Waals surface area contributed by atoms with E-state index < -0.39 is 0 Å². The summed E-state index contributed by atoms with van der Waals surface area (Å²) in [7, 11) is 0. The van der Waals surface area contributed by atoms with E-state index in [4.69, 9.17) is 10.5 Å². The van der Waals surface area contributed by atoms with Crippen molar-refractivity contribution in [3.63, 3.8) is 0 Å². The third-order valence-corrected chi connectivity index (χ3v) is 2.47. The minimum atomic E-state index is -0.345. The molecule has 0 aliphatic rings. The zero-order valence-corrected chi connectivity index (χ0v) is 10.0. The second kappa shape index (κ2) is 6.48. The van der Waals surface area contributed by atoms with Gasteiger partial charge in [-0.25, -0.2) is 4.39 Å². The van der Waals surface area contributed by atoms with Gasteiger partial charge in [0.05, 0.1) is 6.61 Å². The van der Waals surface area contributed by atoms with E-state index in [-0.39, 0.29) is 11.9 Å². The molecule has 1 rings (SSSR count). The van der Waals surface area contributed by atoms with Gasteiger partial charge in [0.25, 0.3) is 0 Å². The van der Waals surface area contributed by atoms with Gasteiger partial charge >= 0.3 is 0 Å². The van der Waals surface area contributed by atoms with Gasteiger partial charge in [-0.3, -0.25) is 0 Å². The van der Waals surface area contributed by atoms with E-state index in [9.17, 15) is 4.39 Å². The minimum absolute atomic E-state index is 0.289. The zero-order chi connectivity index (χ0) is 12.0. The molecule has 90 valence electrons. The van der Waals surface area contributed by atoms with Gasteiger partial charge in [0.2, 0.25) is 0 Å². The molecule has 1 unspecified atom stereocenters. The molecule has 1 aromatic rings. The molecule has 1 aromatic carbocycles. The van der Waals surface area contributed by atoms with Crippen LogP contribution < -0.4 is 10.5 Å². The highest BCUT2D eigenvalue weighted by atomic mass is 19.1. The van der Waals surface area contributed by atoms with Crippen molar-refractivity contribution in [2.24, 2.45) is 5.73 Å². The number of hydrogen-bond donors (Lipinski definition) is 1. The fourth-order valence-corrected chi connectivity index (χ4v) is 1.62. The lowest BCUT2D eigenvalue weighted by molar-refractivity contribution is 0.299. The van der Waals surface area contributed by atoms with Gasteiger partial charge in [-0.05, 0) is 25.5 Å². The molecule has 2 N–H and O–H groups in total. The third-order valence-electron chi connectivity index (χ3n) is 2.47. The van der Waals surface area contributed by atoms with Crippen LogP contribution in [-0.4, -0.2) is 6.61 Å². The Morgan fingerprint density at radius 1 is 1.38 bits per heavy atom. The van der Waals surface area contributed by atoms with E-state index in [2.05, 4.69) is 6.92 Å². The van der Waals surface area contributed by atoms with Crippen molar-refractivity contribution in [2.45, 2.75) is 39.2 Å². The monoisotopic (exact) mass is 225 g/mol. The Bertz CT molecular complexity index is 326. The van der Waals surface area contributed by atoms with Crippen LogP contribution in [0, 0.1) is 5.82 Å². The van der Waals surface area contributed by atoms with E-state index >= 15 is 0 Å². The van der Waals surface area contributed by atoms with E-state index in [1.807, 2.05) is 0 Å². The summed E-state index contributed by atoms with van der Waals surface area (Å²) in [6, 6.07) is 4.49. The molecular weight excluding hydrogens is 205 g/mol. The molecule has 3 heteroatoms. The lowest BCUT2D eigenvalue weighted by atomic mass is 10.1. The molecule has 0 aliphatic carbocycles. The lowest BCUT2D eigenvalue weighted by Gasteiger charge is -2.14. The van der Waals surface area contributed by atoms with Crippen LogP contribution in [0.4, 0.5) is 4.39 Å². The quantitative estimate of drug-likeness (QED) is 0.753. The Morgan fingerprint density at radius 2 is 2.12 bits per heavy atom. The number of rotatable bonds is 6. The van der Waals surface area contributed by atoms with Gasteiger partial charge in [0.15, 0.2) is 0 Å². The first-order valence-corrected chi connectivity index (χ1v) is 5.83. The second-order valence-corrected chi connectivity index (χ2v) is 4.00. The maximum Gasteiger partial charge on any atom is 0.131 e. The highest BCUT2D eigenvalue weighted by Crippen LogP contribution is 2.26. The van der Waals surface area contributed by atoms with Gasteiger partial charge in [-0.15, -0.1) is 0 Å². The van der Waals surface area contributed by atoms with Crippen LogP contribution in [0.15, 0.2) is 18.2 Å². The smallest absolute Gasteiger partial charge is 0.131 e. The summed E-state index contributed by atoms with van der Waals surface area (Å²) in [5, 5.41) is 0. The number of unbranched alkanes of at least 4 members (excludes halogenated alkanes) is 2. The van der Waals surface area contributed by atoms with Crippen molar-refractivity contribution < 1.29 is 9.13 Å². The average Bonchev–Trinajstić information content (AvgIpc) is 2.24. The molecule has 0 amide bonds. The molecular formula is C13H20FNO. The third kappa shape index (κ3) is 3.49. The summed E-state index contributed by atoms with van der Waals surface area (Å²) in [6.07, 6.45) is 3.26. The Kier molecular flexibility index (Phi) is 5.26. The Balaban J connectivity index is 2.67. The fraction of sp³-hybridized carbons (Fsp3) is 0.538. The second-order valence-electron chi connectivity index (χ2n) is 4.00. The van der Waals surface area contributed by atoms with E-state index in [0.29, 0.717) is 17.9 Å². The highest BCUT2D eigenvalue weighted by Gasteiger charge is 2.13. The summed E-state index contributed by atoms with van der Waals surface area (Å²) in [6.45, 7) is 4.52. The molecule has 0 bridgehead atoms. The van der Waals surface area contributed by atoms with Gasteiger partial charge in [0.1, 0.15) is 11.6 Å². The van der Waals surface area contributed by atoms with Crippen LogP contribution in [0.3, 0.4) is 0 Å². The first-order chi connectivity index (χ1) is 7.66. The number of ether oxygens (including phenoxy) is 1. The molecule has 0 saturated carbocycles. The normalized spacial score (nSPS) is 12.5. The summed E-state index contributed by atoms with van der Waals surface area (Å²) < 4.78 is 19.1. The van der Waals surface area contributed by atoms with Crippen molar-refractivity contribution in [2.75, 3.05) is 6.61 Å². The molecule has 0 saturated heterocycles. The summed E-state index contributed by atoms with van der Waals surface area (Å²) in [5.41, 5.74) is 6.20. The maximum absolute atomic E-state index is 13.5. The molecule has 0 spiro atoms. The fourth-order valence-electron chi connectivity index (χ4n) is 1.62. The zero-order valence-electron chi connectivity index (χ0n) is 10.0. The molecule has 0 radical (unpaired) electrons. The van der Waals surface area contributed by atoms with Crippen molar-refractivity contribution in [3.8, 4) is 5.75 Å². The maximum atomic E-state index is 13.5. The van der Waals surface area contributed by atoms with E-state index in [0.717, 1.165) is 19.3 Å². The molecule has 2 nitrogen and oxygen atoms in total. The lowest BCUT2D eigenvalue weighted by Crippen LogP contribution is -2.10. The summed E-state index contributed by atoms with van der Waals surface area (Å²) in [4.78, 5) is 0. The van der Waals surface area contributed by atoms with Crippen molar-refractivity contribution in [1.29, 1.82) is 0 Å². The first kappa shape index (κ1) is 13.0. The first-order valence-electron chi connectivity index (χ1n) is 5.83. The molecule has 0 aliphatic heterocycles. The van der Waals surface area contributed by atoms with Gasteiger partial charge in [0, 0.05) is 11.6 Å². The average molecular weight is 225 g/mol. The van der Waals surface area contributed by atoms with Crippen molar-refractivity contribution in [3.05, 3.63) is 29.6 Å². The van der Waals surface area contributed by atoms with E-state index in [1.54, 1.807) is 19.1 Å². The predicted molar refractivity (Wildman–Crippen MR) is 64.0 cm³/mol. The SMILES string of the molecule is CCCCCOc1cccc(F)c1C(C)N. The van der Waals surface area contributed by atoms with Crippen LogP contribution in [0.25, 0.3) is 0 Å². The van der Waals surface area contributed by atoms with Crippen molar-refractivity contribution in [1.82, 2.24) is 0 Å². The Morgan fingerprint density at radius 3 is 2.75 bits per heavy atom. The number of benzene rings is 1. The Hall–Kier alpha value is -1.09. The summed E-state index contributed by atoms with van der Waals surface area (Å²) in [5.74, 6) is 0.286. The molecule has 0 fully saturated rings. The predicted octanol–water partition coefficient (Wildman–Crippen LogP) is 3.41. The standard InChI is InChI=1S/C13H20FNO/c1-3-4-5-9-16-12-8-6-7-11(14)13(12)10(2)15/h6-8,10H,3-5,9,15H2,1-2H3. The summed E-state index contributed by atoms with van der Waals surface area (Å²) >= 11 is 0. The van der Waals surface area contributed by atoms with Gasteiger partial charge in [-0.2, -0.15) is 0 Å². The van der Waals surface area contributed by atoms with E-state index in [1.165, 1.54) is 6.07 Å². The van der Waals surface area contributed by atoms with Crippen LogP contribution in [0.1, 0.15) is 44.7 Å². The number of nitrogens with two attached hydrogens (primary N) is 1. The van der Waals surface area contributed by atoms with Crippen LogP contribution >= 0.6 is 0 Å². The Labute approximate surface area is 96.6 Å². The minimum Gasteiger partial charge on any atom is -0.493 e. The van der Waals surface area contributed by atoms with Gasteiger partial charge < -0.3 is 10.5 Å². The highest BCUT2D eigenvalue weighted by molar-refractivity contribution is 5.36. The number of halogens is 1. The molecule has 1 atom stereocenters. The van der Waals surface area contributed by atoms with Crippen molar-refractivity contribution >= 4 is 0 Å². The van der Waals surface area contributed by atoms with Gasteiger partial charge in [-0.1, -0.05) is 25.8 Å². The van der Waals surface area contributed by atoms with Crippen LogP contribution in [0.5, 0.6) is 5.75 Å². The number of hydrogen-bond acceptors (Lipinski definition) is 2. The molecule has 0 aromatic heterocycles. The largest absolute Gasteiger partial charge is 0.493 e. The van der Waals surface area contributed by atoms with Crippen LogP contribution in [0.2, 0.25) is 0 Å². The van der Waals surface area contributed by atoms with Crippen LogP contribution in [-0.2, 0) is 0 Å². The molecule has 0 heterocycles. The molecule has 16 heavy (non-hydrogen) atoms.